The van der Waals surface area contributed by atoms with E-state index in [-0.39, 0.29) is 6.04 Å². The van der Waals surface area contributed by atoms with Crippen LogP contribution in [0.25, 0.3) is 0 Å². The van der Waals surface area contributed by atoms with Crippen molar-refractivity contribution in [2.24, 2.45) is 0 Å². The molecule has 1 heterocycles. The molecule has 82 valence electrons. The molecule has 0 radical (unpaired) electrons. The van der Waals surface area contributed by atoms with E-state index in [1.807, 2.05) is 18.2 Å². The molecule has 1 atom stereocenters. The highest BCUT2D eigenvalue weighted by Gasteiger charge is 2.08. The van der Waals surface area contributed by atoms with Gasteiger partial charge in [0.05, 0.1) is 6.04 Å². The van der Waals surface area contributed by atoms with Crippen molar-refractivity contribution in [3.05, 3.63) is 53.9 Å². The van der Waals surface area contributed by atoms with E-state index in [0.29, 0.717) is 5.95 Å². The standard InChI is InChI=1S/C13H15N3/c1-10-6-3-4-7-12(10)11(2)16-13-14-8-5-9-15-13/h3-9,11H,1-2H3,(H,14,15,16). The Hall–Kier alpha value is -1.90. The van der Waals surface area contributed by atoms with Crippen molar-refractivity contribution in [2.45, 2.75) is 19.9 Å². The third-order valence-electron chi connectivity index (χ3n) is 2.57. The van der Waals surface area contributed by atoms with Crippen LogP contribution in [0.2, 0.25) is 0 Å². The topological polar surface area (TPSA) is 37.8 Å². The summed E-state index contributed by atoms with van der Waals surface area (Å²) in [5.74, 6) is 0.665. The van der Waals surface area contributed by atoms with E-state index in [1.165, 1.54) is 11.1 Å². The number of hydrogen-bond acceptors (Lipinski definition) is 3. The zero-order valence-corrected chi connectivity index (χ0v) is 9.51. The van der Waals surface area contributed by atoms with Gasteiger partial charge in [-0.3, -0.25) is 0 Å². The van der Waals surface area contributed by atoms with Gasteiger partial charge in [-0.2, -0.15) is 0 Å². The van der Waals surface area contributed by atoms with Gasteiger partial charge in [-0.1, -0.05) is 24.3 Å². The SMILES string of the molecule is Cc1ccccc1C(C)Nc1ncccn1. The summed E-state index contributed by atoms with van der Waals surface area (Å²) in [6, 6.07) is 10.3. The molecule has 0 aliphatic carbocycles. The Kier molecular flexibility index (Phi) is 3.15. The first-order valence-electron chi connectivity index (χ1n) is 5.36. The minimum atomic E-state index is 0.212. The first kappa shape index (κ1) is 10.6. The maximum atomic E-state index is 4.15. The molecule has 0 amide bonds. The van der Waals surface area contributed by atoms with Gasteiger partial charge in [-0.25, -0.2) is 9.97 Å². The highest BCUT2D eigenvalue weighted by atomic mass is 15.1. The van der Waals surface area contributed by atoms with Crippen LogP contribution in [0.15, 0.2) is 42.7 Å². The number of aromatic nitrogens is 2. The highest BCUT2D eigenvalue weighted by molar-refractivity contribution is 5.35. The molecule has 16 heavy (non-hydrogen) atoms. The summed E-state index contributed by atoms with van der Waals surface area (Å²) in [5, 5.41) is 3.28. The summed E-state index contributed by atoms with van der Waals surface area (Å²) < 4.78 is 0. The van der Waals surface area contributed by atoms with E-state index in [9.17, 15) is 0 Å². The predicted molar refractivity (Wildman–Crippen MR) is 65.2 cm³/mol. The lowest BCUT2D eigenvalue weighted by Gasteiger charge is -2.15. The molecule has 3 heteroatoms. The largest absolute Gasteiger partial charge is 0.348 e. The molecule has 0 fully saturated rings. The molecule has 3 nitrogen and oxygen atoms in total. The third kappa shape index (κ3) is 2.37. The van der Waals surface area contributed by atoms with Crippen molar-refractivity contribution in [3.63, 3.8) is 0 Å². The monoisotopic (exact) mass is 213 g/mol. The molecule has 2 rings (SSSR count). The summed E-state index contributed by atoms with van der Waals surface area (Å²) in [4.78, 5) is 8.30. The molecule has 1 unspecified atom stereocenters. The van der Waals surface area contributed by atoms with Gasteiger partial charge >= 0.3 is 0 Å². The molecule has 1 aromatic heterocycles. The fraction of sp³-hybridized carbons (Fsp3) is 0.231. The normalized spacial score (nSPS) is 12.1. The van der Waals surface area contributed by atoms with Crippen LogP contribution in [0.3, 0.4) is 0 Å². The molecular formula is C13H15N3. The minimum absolute atomic E-state index is 0.212. The van der Waals surface area contributed by atoms with Gasteiger partial charge in [-0.05, 0) is 31.0 Å². The van der Waals surface area contributed by atoms with Gasteiger partial charge in [0, 0.05) is 12.4 Å². The Balaban J connectivity index is 2.15. The molecular weight excluding hydrogens is 198 g/mol. The lowest BCUT2D eigenvalue weighted by Crippen LogP contribution is -2.10. The Labute approximate surface area is 95.6 Å². The number of anilines is 1. The quantitative estimate of drug-likeness (QED) is 0.851. The van der Waals surface area contributed by atoms with Gasteiger partial charge in [0.15, 0.2) is 0 Å². The zero-order chi connectivity index (χ0) is 11.4. The minimum Gasteiger partial charge on any atom is -0.348 e. The molecule has 1 aromatic carbocycles. The first-order chi connectivity index (χ1) is 7.77. The second-order valence-corrected chi connectivity index (χ2v) is 3.80. The van der Waals surface area contributed by atoms with Crippen LogP contribution < -0.4 is 5.32 Å². The Morgan fingerprint density at radius 2 is 1.75 bits per heavy atom. The zero-order valence-electron chi connectivity index (χ0n) is 9.51. The van der Waals surface area contributed by atoms with E-state index >= 15 is 0 Å². The van der Waals surface area contributed by atoms with E-state index in [1.54, 1.807) is 12.4 Å². The number of rotatable bonds is 3. The van der Waals surface area contributed by atoms with Crippen molar-refractivity contribution in [3.8, 4) is 0 Å². The van der Waals surface area contributed by atoms with Crippen molar-refractivity contribution in [1.82, 2.24) is 9.97 Å². The third-order valence-corrected chi connectivity index (χ3v) is 2.57. The number of benzene rings is 1. The molecule has 0 spiro atoms. The first-order valence-corrected chi connectivity index (χ1v) is 5.36. The van der Waals surface area contributed by atoms with Crippen LogP contribution in [-0.2, 0) is 0 Å². The molecule has 0 saturated heterocycles. The van der Waals surface area contributed by atoms with Gasteiger partial charge < -0.3 is 5.32 Å². The van der Waals surface area contributed by atoms with Crippen molar-refractivity contribution in [2.75, 3.05) is 5.32 Å². The van der Waals surface area contributed by atoms with Crippen molar-refractivity contribution < 1.29 is 0 Å². The fourth-order valence-corrected chi connectivity index (χ4v) is 1.72. The van der Waals surface area contributed by atoms with E-state index < -0.39 is 0 Å². The number of hydrogen-bond donors (Lipinski definition) is 1. The van der Waals surface area contributed by atoms with Crippen LogP contribution in [0.1, 0.15) is 24.1 Å². The van der Waals surface area contributed by atoms with Crippen LogP contribution >= 0.6 is 0 Å². The molecule has 0 aliphatic rings. The van der Waals surface area contributed by atoms with E-state index in [0.717, 1.165) is 0 Å². The molecule has 0 saturated carbocycles. The fourth-order valence-electron chi connectivity index (χ4n) is 1.72. The highest BCUT2D eigenvalue weighted by Crippen LogP contribution is 2.19. The lowest BCUT2D eigenvalue weighted by molar-refractivity contribution is 0.852. The smallest absolute Gasteiger partial charge is 0.223 e. The maximum Gasteiger partial charge on any atom is 0.223 e. The van der Waals surface area contributed by atoms with Crippen LogP contribution in [0, 0.1) is 6.92 Å². The van der Waals surface area contributed by atoms with E-state index in [2.05, 4.69) is 41.3 Å². The Bertz CT molecular complexity index is 454. The lowest BCUT2D eigenvalue weighted by atomic mass is 10.0. The number of aryl methyl sites for hydroxylation is 1. The van der Waals surface area contributed by atoms with Gasteiger partial charge in [0.1, 0.15) is 0 Å². The summed E-state index contributed by atoms with van der Waals surface area (Å²) in [5.41, 5.74) is 2.55. The number of nitrogens with one attached hydrogen (secondary N) is 1. The second-order valence-electron chi connectivity index (χ2n) is 3.80. The molecule has 0 aliphatic heterocycles. The Morgan fingerprint density at radius 3 is 2.44 bits per heavy atom. The second kappa shape index (κ2) is 4.75. The maximum absolute atomic E-state index is 4.15. The van der Waals surface area contributed by atoms with Gasteiger partial charge in [0.25, 0.3) is 0 Å². The number of nitrogens with zero attached hydrogens (tertiary/aromatic N) is 2. The molecule has 0 bridgehead atoms. The average molecular weight is 213 g/mol. The summed E-state index contributed by atoms with van der Waals surface area (Å²) in [7, 11) is 0. The summed E-state index contributed by atoms with van der Waals surface area (Å²) >= 11 is 0. The van der Waals surface area contributed by atoms with Gasteiger partial charge in [0.2, 0.25) is 5.95 Å². The Morgan fingerprint density at radius 1 is 1.06 bits per heavy atom. The molecule has 1 N–H and O–H groups in total. The van der Waals surface area contributed by atoms with Crippen LogP contribution in [-0.4, -0.2) is 9.97 Å². The average Bonchev–Trinajstić information content (AvgIpc) is 2.31. The van der Waals surface area contributed by atoms with Crippen molar-refractivity contribution >= 4 is 5.95 Å². The van der Waals surface area contributed by atoms with Crippen LogP contribution in [0.4, 0.5) is 5.95 Å². The van der Waals surface area contributed by atoms with E-state index in [4.69, 9.17) is 0 Å². The summed E-state index contributed by atoms with van der Waals surface area (Å²) in [6.07, 6.45) is 3.47. The van der Waals surface area contributed by atoms with Crippen molar-refractivity contribution in [1.29, 1.82) is 0 Å². The van der Waals surface area contributed by atoms with Gasteiger partial charge in [-0.15, -0.1) is 0 Å². The molecule has 2 aromatic rings. The predicted octanol–water partition coefficient (Wildman–Crippen LogP) is 2.96. The van der Waals surface area contributed by atoms with Crippen LogP contribution in [0.5, 0.6) is 0 Å². The summed E-state index contributed by atoms with van der Waals surface area (Å²) in [6.45, 7) is 4.22.